The van der Waals surface area contributed by atoms with E-state index in [9.17, 15) is 9.18 Å². The summed E-state index contributed by atoms with van der Waals surface area (Å²) in [5, 5.41) is 0. The highest BCUT2D eigenvalue weighted by Crippen LogP contribution is 2.30. The van der Waals surface area contributed by atoms with Gasteiger partial charge in [-0.05, 0) is 43.2 Å². The molecule has 2 heterocycles. The molecule has 1 aliphatic carbocycles. The standard InChI is InChI=1S/C21H24FN3O2/c22-17-13-16(14-19(15-17)24-9-11-27-12-10-24)21(26)25(18-5-1-2-6-18)20-7-3-4-8-23-20/h3-4,7-8,13-15,18H,1-2,5-6,9-12H2. The van der Waals surface area contributed by atoms with Crippen molar-refractivity contribution in [2.45, 2.75) is 31.7 Å². The number of ether oxygens (including phenoxy) is 1. The summed E-state index contributed by atoms with van der Waals surface area (Å²) in [6, 6.07) is 10.3. The van der Waals surface area contributed by atoms with E-state index < -0.39 is 5.82 Å². The normalized spacial score (nSPS) is 17.9. The maximum absolute atomic E-state index is 14.3. The number of hydrogen-bond acceptors (Lipinski definition) is 4. The Labute approximate surface area is 158 Å². The number of nitrogens with zero attached hydrogens (tertiary/aromatic N) is 3. The Morgan fingerprint density at radius 3 is 2.63 bits per heavy atom. The zero-order chi connectivity index (χ0) is 18.6. The number of morpholine rings is 1. The van der Waals surface area contributed by atoms with Gasteiger partial charge in [0.1, 0.15) is 11.6 Å². The molecule has 1 aliphatic heterocycles. The minimum Gasteiger partial charge on any atom is -0.378 e. The van der Waals surface area contributed by atoms with Gasteiger partial charge in [-0.3, -0.25) is 9.69 Å². The summed E-state index contributed by atoms with van der Waals surface area (Å²) in [6.07, 6.45) is 5.80. The Morgan fingerprint density at radius 1 is 1.15 bits per heavy atom. The van der Waals surface area contributed by atoms with Crippen LogP contribution in [0.3, 0.4) is 0 Å². The highest BCUT2D eigenvalue weighted by molar-refractivity contribution is 6.06. The van der Waals surface area contributed by atoms with Gasteiger partial charge in [0.05, 0.1) is 13.2 Å². The van der Waals surface area contributed by atoms with Crippen molar-refractivity contribution in [2.24, 2.45) is 0 Å². The fourth-order valence-corrected chi connectivity index (χ4v) is 3.96. The van der Waals surface area contributed by atoms with Crippen LogP contribution in [0.5, 0.6) is 0 Å². The Bertz CT molecular complexity index is 787. The van der Waals surface area contributed by atoms with Crippen molar-refractivity contribution in [1.82, 2.24) is 4.98 Å². The first kappa shape index (κ1) is 17.9. The molecule has 0 spiro atoms. The van der Waals surface area contributed by atoms with E-state index in [2.05, 4.69) is 9.88 Å². The first-order valence-electron chi connectivity index (χ1n) is 9.60. The average Bonchev–Trinajstić information content (AvgIpc) is 3.23. The number of carbonyl (C=O) groups excluding carboxylic acids is 1. The summed E-state index contributed by atoms with van der Waals surface area (Å²) >= 11 is 0. The van der Waals surface area contributed by atoms with Gasteiger partial charge in [0.25, 0.3) is 5.91 Å². The van der Waals surface area contributed by atoms with E-state index in [1.165, 1.54) is 12.1 Å². The van der Waals surface area contributed by atoms with Crippen molar-refractivity contribution < 1.29 is 13.9 Å². The Hall–Kier alpha value is -2.47. The van der Waals surface area contributed by atoms with E-state index >= 15 is 0 Å². The summed E-state index contributed by atoms with van der Waals surface area (Å²) in [5.41, 5.74) is 1.10. The number of halogens is 1. The Kier molecular flexibility index (Phi) is 5.34. The second-order valence-electron chi connectivity index (χ2n) is 7.10. The van der Waals surface area contributed by atoms with E-state index in [4.69, 9.17) is 4.74 Å². The minimum atomic E-state index is -0.394. The largest absolute Gasteiger partial charge is 0.378 e. The van der Waals surface area contributed by atoms with E-state index in [0.29, 0.717) is 37.7 Å². The van der Waals surface area contributed by atoms with Gasteiger partial charge in [0, 0.05) is 36.6 Å². The molecule has 0 bridgehead atoms. The lowest BCUT2D eigenvalue weighted by Gasteiger charge is -2.30. The van der Waals surface area contributed by atoms with E-state index in [1.807, 2.05) is 18.2 Å². The molecule has 142 valence electrons. The van der Waals surface area contributed by atoms with Crippen LogP contribution in [0.15, 0.2) is 42.6 Å². The van der Waals surface area contributed by atoms with Crippen LogP contribution in [0.25, 0.3) is 0 Å². The van der Waals surface area contributed by atoms with Gasteiger partial charge in [-0.2, -0.15) is 0 Å². The van der Waals surface area contributed by atoms with Crippen LogP contribution in [0, 0.1) is 5.82 Å². The lowest BCUT2D eigenvalue weighted by atomic mass is 10.1. The molecule has 1 saturated heterocycles. The predicted octanol–water partition coefficient (Wildman–Crippen LogP) is 3.65. The quantitative estimate of drug-likeness (QED) is 0.825. The van der Waals surface area contributed by atoms with Gasteiger partial charge >= 0.3 is 0 Å². The Balaban J connectivity index is 1.67. The van der Waals surface area contributed by atoms with E-state index in [1.54, 1.807) is 17.2 Å². The number of amides is 1. The third-order valence-electron chi connectivity index (χ3n) is 5.31. The lowest BCUT2D eigenvalue weighted by Crippen LogP contribution is -2.40. The zero-order valence-corrected chi connectivity index (χ0v) is 15.3. The van der Waals surface area contributed by atoms with Crippen molar-refractivity contribution in [2.75, 3.05) is 36.1 Å². The van der Waals surface area contributed by atoms with Gasteiger partial charge in [-0.25, -0.2) is 9.37 Å². The summed E-state index contributed by atoms with van der Waals surface area (Å²) in [6.45, 7) is 2.62. The fourth-order valence-electron chi connectivity index (χ4n) is 3.96. The first-order chi connectivity index (χ1) is 13.2. The molecule has 5 nitrogen and oxygen atoms in total. The molecule has 1 aromatic heterocycles. The fraction of sp³-hybridized carbons (Fsp3) is 0.429. The second kappa shape index (κ2) is 8.05. The molecule has 0 radical (unpaired) electrons. The van der Waals surface area contributed by atoms with Crippen molar-refractivity contribution in [3.05, 3.63) is 54.0 Å². The van der Waals surface area contributed by atoms with Gasteiger partial charge < -0.3 is 9.64 Å². The zero-order valence-electron chi connectivity index (χ0n) is 15.3. The maximum Gasteiger partial charge on any atom is 0.259 e. The maximum atomic E-state index is 14.3. The molecule has 0 unspecified atom stereocenters. The molecule has 4 rings (SSSR count). The van der Waals surface area contributed by atoms with Crippen molar-refractivity contribution in [3.63, 3.8) is 0 Å². The number of aromatic nitrogens is 1. The number of hydrogen-bond donors (Lipinski definition) is 0. The molecule has 6 heteroatoms. The number of anilines is 2. The van der Waals surface area contributed by atoms with Gasteiger partial charge in [-0.1, -0.05) is 18.9 Å². The van der Waals surface area contributed by atoms with Crippen LogP contribution in [-0.4, -0.2) is 43.2 Å². The Morgan fingerprint density at radius 2 is 1.93 bits per heavy atom. The molecule has 27 heavy (non-hydrogen) atoms. The molecule has 0 atom stereocenters. The number of benzene rings is 1. The summed E-state index contributed by atoms with van der Waals surface area (Å²) in [5.74, 6) is 0.0518. The van der Waals surface area contributed by atoms with Crippen LogP contribution >= 0.6 is 0 Å². The predicted molar refractivity (Wildman–Crippen MR) is 103 cm³/mol. The topological polar surface area (TPSA) is 45.7 Å². The van der Waals surface area contributed by atoms with Crippen LogP contribution < -0.4 is 9.80 Å². The SMILES string of the molecule is O=C(c1cc(F)cc(N2CCOCC2)c1)N(c1ccccn1)C1CCCC1. The summed E-state index contributed by atoms with van der Waals surface area (Å²) in [7, 11) is 0. The third kappa shape index (κ3) is 3.95. The van der Waals surface area contributed by atoms with Crippen LogP contribution in [0.4, 0.5) is 15.9 Å². The molecule has 1 aromatic carbocycles. The molecule has 0 N–H and O–H groups in total. The van der Waals surface area contributed by atoms with Crippen molar-refractivity contribution in [3.8, 4) is 0 Å². The molecule has 2 fully saturated rings. The monoisotopic (exact) mass is 369 g/mol. The van der Waals surface area contributed by atoms with Gasteiger partial charge in [-0.15, -0.1) is 0 Å². The van der Waals surface area contributed by atoms with E-state index in [0.717, 1.165) is 31.4 Å². The number of rotatable bonds is 4. The van der Waals surface area contributed by atoms with Crippen LogP contribution in [0.2, 0.25) is 0 Å². The molecular weight excluding hydrogens is 345 g/mol. The first-order valence-corrected chi connectivity index (χ1v) is 9.60. The highest BCUT2D eigenvalue weighted by Gasteiger charge is 2.30. The molecule has 1 saturated carbocycles. The second-order valence-corrected chi connectivity index (χ2v) is 7.10. The molecule has 2 aliphatic rings. The summed E-state index contributed by atoms with van der Waals surface area (Å²) < 4.78 is 19.7. The molecule has 2 aromatic rings. The van der Waals surface area contributed by atoms with Gasteiger partial charge in [0.15, 0.2) is 0 Å². The molecular formula is C21H24FN3O2. The van der Waals surface area contributed by atoms with Crippen molar-refractivity contribution >= 4 is 17.4 Å². The van der Waals surface area contributed by atoms with E-state index in [-0.39, 0.29) is 11.9 Å². The summed E-state index contributed by atoms with van der Waals surface area (Å²) in [4.78, 5) is 21.6. The third-order valence-corrected chi connectivity index (χ3v) is 5.31. The van der Waals surface area contributed by atoms with Crippen LogP contribution in [-0.2, 0) is 4.74 Å². The smallest absolute Gasteiger partial charge is 0.259 e. The van der Waals surface area contributed by atoms with Crippen LogP contribution in [0.1, 0.15) is 36.0 Å². The average molecular weight is 369 g/mol. The highest BCUT2D eigenvalue weighted by atomic mass is 19.1. The molecule has 1 amide bonds. The van der Waals surface area contributed by atoms with Crippen molar-refractivity contribution in [1.29, 1.82) is 0 Å². The lowest BCUT2D eigenvalue weighted by molar-refractivity contribution is 0.0975. The minimum absolute atomic E-state index is 0.113. The number of carbonyl (C=O) groups is 1. The number of pyridine rings is 1. The van der Waals surface area contributed by atoms with Gasteiger partial charge in [0.2, 0.25) is 0 Å².